The molecule has 0 aliphatic carbocycles. The molecule has 2 amide bonds. The molecule has 0 radical (unpaired) electrons. The van der Waals surface area contributed by atoms with E-state index >= 15 is 0 Å². The summed E-state index contributed by atoms with van der Waals surface area (Å²) in [6.07, 6.45) is -10.7. The number of phenols is 1. The zero-order valence-corrected chi connectivity index (χ0v) is 26.6. The third kappa shape index (κ3) is 9.25. The van der Waals surface area contributed by atoms with Gasteiger partial charge in [0.2, 0.25) is 5.91 Å². The van der Waals surface area contributed by atoms with Crippen LogP contribution in [0.4, 0.5) is 26.3 Å². The van der Waals surface area contributed by atoms with Crippen molar-refractivity contribution in [1.29, 1.82) is 5.41 Å². The van der Waals surface area contributed by atoms with Crippen molar-refractivity contribution in [3.8, 4) is 28.0 Å². The van der Waals surface area contributed by atoms with Gasteiger partial charge in [-0.1, -0.05) is 42.5 Å². The monoisotopic (exact) mass is 705 g/mol. The number of phenolic OH excluding ortho intramolecular Hbond substituents is 1. The van der Waals surface area contributed by atoms with E-state index in [4.69, 9.17) is 5.41 Å². The van der Waals surface area contributed by atoms with E-state index in [1.165, 1.54) is 19.1 Å². The number of halogens is 6. The van der Waals surface area contributed by atoms with Crippen molar-refractivity contribution >= 4 is 27.5 Å². The smallest absolute Gasteiger partial charge is 0.416 e. The fraction of sp³-hybridized carbons (Fsp3) is 0.206. The lowest BCUT2D eigenvalue weighted by atomic mass is 9.95. The topological polar surface area (TPSA) is 136 Å². The Hall–Kier alpha value is -5.18. The Labute approximate surface area is 277 Å². The zero-order valence-electron chi connectivity index (χ0n) is 25.8. The Balaban J connectivity index is 1.63. The maximum atomic E-state index is 14.1. The molecule has 2 atom stereocenters. The summed E-state index contributed by atoms with van der Waals surface area (Å²) >= 11 is 0. The van der Waals surface area contributed by atoms with Gasteiger partial charge in [-0.25, -0.2) is 21.6 Å². The summed E-state index contributed by atoms with van der Waals surface area (Å²) in [5.41, 5.74) is -1.35. The highest BCUT2D eigenvalue weighted by Crippen LogP contribution is 2.38. The first-order valence-corrected chi connectivity index (χ1v) is 16.3. The van der Waals surface area contributed by atoms with Crippen molar-refractivity contribution in [3.05, 3.63) is 107 Å². The minimum Gasteiger partial charge on any atom is -0.507 e. The van der Waals surface area contributed by atoms with Gasteiger partial charge in [0, 0.05) is 12.7 Å². The number of hydrogen-bond acceptors (Lipinski definition) is 6. The molecule has 4 aromatic rings. The second-order valence-corrected chi connectivity index (χ2v) is 13.2. The lowest BCUT2D eigenvalue weighted by Crippen LogP contribution is -2.49. The van der Waals surface area contributed by atoms with Gasteiger partial charge in [0.05, 0.1) is 21.9 Å². The van der Waals surface area contributed by atoms with Gasteiger partial charge < -0.3 is 15.7 Å². The van der Waals surface area contributed by atoms with E-state index in [-0.39, 0.29) is 34.3 Å². The number of aromatic hydroxyl groups is 1. The Bertz CT molecular complexity index is 1980. The van der Waals surface area contributed by atoms with Gasteiger partial charge in [0.25, 0.3) is 12.3 Å². The summed E-state index contributed by atoms with van der Waals surface area (Å²) in [6, 6.07) is 16.3. The van der Waals surface area contributed by atoms with E-state index in [1.807, 2.05) is 0 Å². The first-order valence-electron chi connectivity index (χ1n) is 14.4. The summed E-state index contributed by atoms with van der Waals surface area (Å²) < 4.78 is 104. The van der Waals surface area contributed by atoms with Gasteiger partial charge in [-0.3, -0.25) is 15.0 Å². The van der Waals surface area contributed by atoms with E-state index in [0.29, 0.717) is 17.2 Å². The average Bonchev–Trinajstić information content (AvgIpc) is 3.03. The molecule has 49 heavy (non-hydrogen) atoms. The van der Waals surface area contributed by atoms with Gasteiger partial charge >= 0.3 is 6.18 Å². The third-order valence-corrected chi connectivity index (χ3v) is 8.47. The van der Waals surface area contributed by atoms with E-state index in [0.717, 1.165) is 36.1 Å². The number of carbonyl (C=O) groups is 2. The molecular formula is C34H29F6N3O5S. The molecule has 0 aliphatic rings. The maximum absolute atomic E-state index is 14.1. The standard InChI is InChI=1S/C34H29F6N3O5S/c1-18(41)42-33(46)28(13-19-3-5-20(6-4-19)21-7-10-26(11-8-21)49(2,47)48)43-32(45)27-17-22(9-12-29(27)44)23-14-24(30(35)31(36)37)16-25(15-23)34(38,39)40/h3-12,14-17,28,30-31,44H,13H2,1-2H3,(H,43,45)(H2,41,42,46). The summed E-state index contributed by atoms with van der Waals surface area (Å²) in [5.74, 6) is -2.69. The van der Waals surface area contributed by atoms with Crippen LogP contribution in [0.2, 0.25) is 0 Å². The second kappa shape index (κ2) is 14.5. The average molecular weight is 706 g/mol. The fourth-order valence-electron chi connectivity index (χ4n) is 4.86. The number of benzene rings is 4. The molecule has 4 aromatic carbocycles. The molecule has 0 aromatic heterocycles. The largest absolute Gasteiger partial charge is 0.507 e. The van der Waals surface area contributed by atoms with Crippen LogP contribution in [-0.4, -0.2) is 49.9 Å². The number of sulfone groups is 1. The van der Waals surface area contributed by atoms with Crippen LogP contribution in [0.15, 0.2) is 89.8 Å². The number of amidine groups is 1. The molecule has 4 N–H and O–H groups in total. The van der Waals surface area contributed by atoms with Crippen LogP contribution in [0.5, 0.6) is 5.75 Å². The van der Waals surface area contributed by atoms with Gasteiger partial charge in [-0.2, -0.15) is 13.2 Å². The molecule has 258 valence electrons. The first-order chi connectivity index (χ1) is 22.8. The highest BCUT2D eigenvalue weighted by Gasteiger charge is 2.33. The van der Waals surface area contributed by atoms with Crippen molar-refractivity contribution in [2.45, 2.75) is 43.1 Å². The number of rotatable bonds is 10. The zero-order chi connectivity index (χ0) is 36.3. The minimum absolute atomic E-state index is 0.110. The predicted octanol–water partition coefficient (Wildman–Crippen LogP) is 6.88. The fourth-order valence-corrected chi connectivity index (χ4v) is 5.50. The summed E-state index contributed by atoms with van der Waals surface area (Å²) in [6.45, 7) is 1.29. The second-order valence-electron chi connectivity index (χ2n) is 11.1. The molecular weight excluding hydrogens is 676 g/mol. The summed E-state index contributed by atoms with van der Waals surface area (Å²) in [4.78, 5) is 26.5. The number of carbonyl (C=O) groups excluding carboxylic acids is 2. The molecule has 4 rings (SSSR count). The van der Waals surface area contributed by atoms with Crippen molar-refractivity contribution in [1.82, 2.24) is 10.6 Å². The van der Waals surface area contributed by atoms with Gasteiger partial charge in [-0.15, -0.1) is 0 Å². The van der Waals surface area contributed by atoms with Crippen LogP contribution in [-0.2, 0) is 27.2 Å². The summed E-state index contributed by atoms with van der Waals surface area (Å²) in [7, 11) is -3.39. The van der Waals surface area contributed by atoms with Crippen LogP contribution in [0.1, 0.15) is 40.1 Å². The van der Waals surface area contributed by atoms with Gasteiger partial charge in [-0.05, 0) is 82.8 Å². The first kappa shape index (κ1) is 36.7. The Morgan fingerprint density at radius 1 is 0.837 bits per heavy atom. The SMILES string of the molecule is CC(=N)NC(=O)C(Cc1ccc(-c2ccc(S(C)(=O)=O)cc2)cc1)NC(=O)c1cc(-c2cc(C(F)C(F)F)cc(C(F)(F)F)c2)ccc1O. The van der Waals surface area contributed by atoms with Gasteiger partial charge in [0.1, 0.15) is 11.8 Å². The van der Waals surface area contributed by atoms with Crippen LogP contribution < -0.4 is 10.6 Å². The van der Waals surface area contributed by atoms with Crippen molar-refractivity contribution in [3.63, 3.8) is 0 Å². The molecule has 0 bridgehead atoms. The van der Waals surface area contributed by atoms with Crippen molar-refractivity contribution in [2.75, 3.05) is 6.26 Å². The quantitative estimate of drug-likeness (QED) is 0.0811. The normalized spacial score (nSPS) is 13.1. The number of nitrogens with one attached hydrogen (secondary N) is 3. The van der Waals surface area contributed by atoms with Crippen molar-refractivity contribution < 1.29 is 49.5 Å². The van der Waals surface area contributed by atoms with Crippen LogP contribution in [0.3, 0.4) is 0 Å². The highest BCUT2D eigenvalue weighted by atomic mass is 32.2. The van der Waals surface area contributed by atoms with Crippen LogP contribution in [0.25, 0.3) is 22.3 Å². The lowest BCUT2D eigenvalue weighted by Gasteiger charge is -2.19. The van der Waals surface area contributed by atoms with Crippen LogP contribution >= 0.6 is 0 Å². The molecule has 2 unspecified atom stereocenters. The Kier molecular flexibility index (Phi) is 10.9. The molecule has 8 nitrogen and oxygen atoms in total. The Morgan fingerprint density at radius 2 is 1.41 bits per heavy atom. The minimum atomic E-state index is -5.02. The number of alkyl halides is 6. The third-order valence-electron chi connectivity index (χ3n) is 7.34. The molecule has 15 heteroatoms. The Morgan fingerprint density at radius 3 is 1.94 bits per heavy atom. The van der Waals surface area contributed by atoms with E-state index in [2.05, 4.69) is 10.6 Å². The maximum Gasteiger partial charge on any atom is 0.416 e. The molecule has 0 saturated carbocycles. The van der Waals surface area contributed by atoms with E-state index < -0.39 is 68.9 Å². The molecule has 0 fully saturated rings. The number of hydrogen-bond donors (Lipinski definition) is 4. The molecule has 0 aliphatic heterocycles. The van der Waals surface area contributed by atoms with Crippen LogP contribution in [0, 0.1) is 5.41 Å². The van der Waals surface area contributed by atoms with Gasteiger partial charge in [0.15, 0.2) is 16.0 Å². The highest BCUT2D eigenvalue weighted by molar-refractivity contribution is 7.90. The van der Waals surface area contributed by atoms with E-state index in [1.54, 1.807) is 36.4 Å². The number of amides is 2. The lowest BCUT2D eigenvalue weighted by molar-refractivity contribution is -0.137. The van der Waals surface area contributed by atoms with E-state index in [9.17, 15) is 49.5 Å². The van der Waals surface area contributed by atoms with Crippen molar-refractivity contribution in [2.24, 2.45) is 0 Å². The molecule has 0 saturated heterocycles. The molecule has 0 heterocycles. The molecule has 0 spiro atoms. The summed E-state index contributed by atoms with van der Waals surface area (Å²) in [5, 5.41) is 22.8. The predicted molar refractivity (Wildman–Crippen MR) is 170 cm³/mol.